The zero-order chi connectivity index (χ0) is 19.9. The van der Waals surface area contributed by atoms with Crippen molar-refractivity contribution in [3.8, 4) is 0 Å². The monoisotopic (exact) mass is 379 g/mol. The standard InChI is InChI=1S/C23H29N3O2/c1-5-19-18-9-6-10-20-21(18)16(14-24-19)11-13-26(20)17-8-7-12-25(15-17)22(27)28-23(2,3)4/h5-6,9-10,14,17H,1,7-8,11-13,15H2,2-4H3. The van der Waals surface area contributed by atoms with E-state index in [0.717, 1.165) is 43.4 Å². The summed E-state index contributed by atoms with van der Waals surface area (Å²) in [5.74, 6) is 0. The van der Waals surface area contributed by atoms with Crippen LogP contribution < -0.4 is 4.90 Å². The average Bonchev–Trinajstić information content (AvgIpc) is 2.67. The molecule has 0 aliphatic carbocycles. The molecular formula is C23H29N3O2. The number of hydrogen-bond acceptors (Lipinski definition) is 4. The minimum absolute atomic E-state index is 0.203. The number of pyridine rings is 1. The Labute approximate surface area is 167 Å². The molecule has 1 aromatic heterocycles. The molecule has 5 nitrogen and oxygen atoms in total. The molecule has 0 bridgehead atoms. The summed E-state index contributed by atoms with van der Waals surface area (Å²) in [7, 11) is 0. The predicted molar refractivity (Wildman–Crippen MR) is 114 cm³/mol. The van der Waals surface area contributed by atoms with Crippen molar-refractivity contribution >= 4 is 28.6 Å². The van der Waals surface area contributed by atoms with Gasteiger partial charge in [0.05, 0.1) is 5.69 Å². The SMILES string of the molecule is C=Cc1ncc2c3c(cccc13)N(C1CCCN(C(=O)OC(C)(C)C)C1)CC2. The second kappa shape index (κ2) is 7.12. The third-order valence-corrected chi connectivity index (χ3v) is 5.61. The molecule has 1 atom stereocenters. The fourth-order valence-corrected chi connectivity index (χ4v) is 4.41. The molecule has 0 N–H and O–H groups in total. The van der Waals surface area contributed by atoms with Crippen LogP contribution in [0.25, 0.3) is 16.8 Å². The Kier molecular flexibility index (Phi) is 4.77. The van der Waals surface area contributed by atoms with E-state index in [9.17, 15) is 4.79 Å². The van der Waals surface area contributed by atoms with E-state index in [0.29, 0.717) is 12.6 Å². The first-order valence-electron chi connectivity index (χ1n) is 10.1. The molecule has 1 aromatic carbocycles. The number of ether oxygens (including phenoxy) is 1. The Morgan fingerprint density at radius 1 is 1.32 bits per heavy atom. The number of likely N-dealkylation sites (tertiary alicyclic amines) is 1. The Balaban J connectivity index is 1.63. The highest BCUT2D eigenvalue weighted by Crippen LogP contribution is 2.37. The average molecular weight is 380 g/mol. The summed E-state index contributed by atoms with van der Waals surface area (Å²) >= 11 is 0. The number of nitrogens with zero attached hydrogens (tertiary/aromatic N) is 3. The van der Waals surface area contributed by atoms with E-state index >= 15 is 0 Å². The van der Waals surface area contributed by atoms with E-state index in [1.165, 1.54) is 16.6 Å². The number of benzene rings is 1. The van der Waals surface area contributed by atoms with Crippen LogP contribution >= 0.6 is 0 Å². The van der Waals surface area contributed by atoms with Gasteiger partial charge >= 0.3 is 6.09 Å². The lowest BCUT2D eigenvalue weighted by Gasteiger charge is -2.43. The lowest BCUT2D eigenvalue weighted by atomic mass is 9.94. The van der Waals surface area contributed by atoms with Crippen molar-refractivity contribution in [1.29, 1.82) is 0 Å². The van der Waals surface area contributed by atoms with Gasteiger partial charge in [0.25, 0.3) is 0 Å². The summed E-state index contributed by atoms with van der Waals surface area (Å²) in [6, 6.07) is 6.73. The second-order valence-electron chi connectivity index (χ2n) is 8.74. The molecule has 1 unspecified atom stereocenters. The molecule has 148 valence electrons. The molecule has 1 saturated heterocycles. The number of anilines is 1. The van der Waals surface area contributed by atoms with Crippen LogP contribution in [0.5, 0.6) is 0 Å². The molecule has 4 rings (SSSR count). The van der Waals surface area contributed by atoms with E-state index in [2.05, 4.69) is 34.7 Å². The third-order valence-electron chi connectivity index (χ3n) is 5.61. The fraction of sp³-hybridized carbons (Fsp3) is 0.478. The molecule has 2 aromatic rings. The molecule has 28 heavy (non-hydrogen) atoms. The molecule has 2 aliphatic rings. The maximum atomic E-state index is 12.6. The van der Waals surface area contributed by atoms with Gasteiger partial charge in [0.2, 0.25) is 0 Å². The van der Waals surface area contributed by atoms with Gasteiger partial charge in [-0.05, 0) is 57.7 Å². The number of rotatable bonds is 2. The van der Waals surface area contributed by atoms with Crippen LogP contribution in [0.1, 0.15) is 44.9 Å². The molecule has 2 aliphatic heterocycles. The van der Waals surface area contributed by atoms with Crippen molar-refractivity contribution in [2.24, 2.45) is 0 Å². The molecule has 1 fully saturated rings. The summed E-state index contributed by atoms with van der Waals surface area (Å²) < 4.78 is 5.61. The second-order valence-corrected chi connectivity index (χ2v) is 8.74. The van der Waals surface area contributed by atoms with E-state index in [1.807, 2.05) is 37.9 Å². The van der Waals surface area contributed by atoms with Gasteiger partial charge in [0.1, 0.15) is 5.60 Å². The minimum Gasteiger partial charge on any atom is -0.444 e. The van der Waals surface area contributed by atoms with Crippen LogP contribution in [0.15, 0.2) is 31.0 Å². The maximum Gasteiger partial charge on any atom is 0.410 e. The third kappa shape index (κ3) is 3.46. The van der Waals surface area contributed by atoms with E-state index in [-0.39, 0.29) is 6.09 Å². The van der Waals surface area contributed by atoms with Gasteiger partial charge in [0.15, 0.2) is 0 Å². The van der Waals surface area contributed by atoms with E-state index in [1.54, 1.807) is 0 Å². The number of carbonyl (C=O) groups excluding carboxylic acids is 1. The number of amides is 1. The summed E-state index contributed by atoms with van der Waals surface area (Å²) in [6.07, 6.45) is 6.68. The van der Waals surface area contributed by atoms with Crippen molar-refractivity contribution in [3.63, 3.8) is 0 Å². The van der Waals surface area contributed by atoms with Crippen molar-refractivity contribution in [3.05, 3.63) is 42.2 Å². The Hall–Kier alpha value is -2.56. The van der Waals surface area contributed by atoms with Crippen LogP contribution in [0, 0.1) is 0 Å². The van der Waals surface area contributed by atoms with Gasteiger partial charge in [-0.3, -0.25) is 4.98 Å². The minimum atomic E-state index is -0.465. The summed E-state index contributed by atoms with van der Waals surface area (Å²) in [4.78, 5) is 21.5. The number of piperidine rings is 1. The zero-order valence-corrected chi connectivity index (χ0v) is 17.1. The normalized spacial score (nSPS) is 19.6. The summed E-state index contributed by atoms with van der Waals surface area (Å²) in [5, 5.41) is 2.45. The predicted octanol–water partition coefficient (Wildman–Crippen LogP) is 4.64. The molecule has 1 amide bonds. The molecule has 0 spiro atoms. The van der Waals surface area contributed by atoms with Crippen LogP contribution in [0.3, 0.4) is 0 Å². The molecule has 5 heteroatoms. The number of aromatic nitrogens is 1. The Bertz CT molecular complexity index is 916. The lowest BCUT2D eigenvalue weighted by Crippen LogP contribution is -2.52. The van der Waals surface area contributed by atoms with Gasteiger partial charge in [-0.15, -0.1) is 0 Å². The van der Waals surface area contributed by atoms with Gasteiger partial charge in [-0.25, -0.2) is 4.79 Å². The zero-order valence-electron chi connectivity index (χ0n) is 17.1. The largest absolute Gasteiger partial charge is 0.444 e. The summed E-state index contributed by atoms with van der Waals surface area (Å²) in [5.41, 5.74) is 3.02. The van der Waals surface area contributed by atoms with Crippen LogP contribution in [0.2, 0.25) is 0 Å². The fourth-order valence-electron chi connectivity index (χ4n) is 4.41. The van der Waals surface area contributed by atoms with Crippen molar-refractivity contribution in [2.75, 3.05) is 24.5 Å². The van der Waals surface area contributed by atoms with Crippen LogP contribution in [-0.2, 0) is 11.2 Å². The molecule has 0 saturated carbocycles. The highest BCUT2D eigenvalue weighted by atomic mass is 16.6. The molecular weight excluding hydrogens is 350 g/mol. The van der Waals surface area contributed by atoms with Crippen molar-refractivity contribution in [1.82, 2.24) is 9.88 Å². The Morgan fingerprint density at radius 2 is 2.14 bits per heavy atom. The van der Waals surface area contributed by atoms with Crippen molar-refractivity contribution in [2.45, 2.75) is 51.7 Å². The topological polar surface area (TPSA) is 45.7 Å². The lowest BCUT2D eigenvalue weighted by molar-refractivity contribution is 0.0198. The van der Waals surface area contributed by atoms with E-state index < -0.39 is 5.60 Å². The van der Waals surface area contributed by atoms with Gasteiger partial charge in [-0.2, -0.15) is 0 Å². The van der Waals surface area contributed by atoms with E-state index in [4.69, 9.17) is 4.74 Å². The quantitative estimate of drug-likeness (QED) is 0.763. The summed E-state index contributed by atoms with van der Waals surface area (Å²) in [6.45, 7) is 12.1. The van der Waals surface area contributed by atoms with Crippen molar-refractivity contribution < 1.29 is 9.53 Å². The van der Waals surface area contributed by atoms with Gasteiger partial charge in [-0.1, -0.05) is 18.7 Å². The number of hydrogen-bond donors (Lipinski definition) is 0. The van der Waals surface area contributed by atoms with Gasteiger partial charge in [0, 0.05) is 48.3 Å². The van der Waals surface area contributed by atoms with Crippen LogP contribution in [0.4, 0.5) is 10.5 Å². The van der Waals surface area contributed by atoms with Crippen LogP contribution in [-0.4, -0.2) is 47.3 Å². The first-order valence-corrected chi connectivity index (χ1v) is 10.1. The highest BCUT2D eigenvalue weighted by molar-refractivity contribution is 6.01. The first-order chi connectivity index (χ1) is 13.4. The Morgan fingerprint density at radius 3 is 2.89 bits per heavy atom. The first kappa shape index (κ1) is 18.8. The molecule has 0 radical (unpaired) electrons. The highest BCUT2D eigenvalue weighted by Gasteiger charge is 2.32. The molecule has 3 heterocycles. The maximum absolute atomic E-state index is 12.6. The number of carbonyl (C=O) groups is 1. The smallest absolute Gasteiger partial charge is 0.410 e. The van der Waals surface area contributed by atoms with Gasteiger partial charge < -0.3 is 14.5 Å².